The fourth-order valence-electron chi connectivity index (χ4n) is 11.5. The monoisotopic (exact) mass is 620 g/mol. The fourth-order valence-corrected chi connectivity index (χ4v) is 11.5. The molecule has 5 fully saturated rings. The highest BCUT2D eigenvalue weighted by Crippen LogP contribution is 2.75. The van der Waals surface area contributed by atoms with Crippen LogP contribution in [0.15, 0.2) is 11.6 Å². The lowest BCUT2D eigenvalue weighted by atomic mass is 9.35. The number of allylic oxidation sites excluding steroid dienone is 2. The molecule has 1 saturated heterocycles. The van der Waals surface area contributed by atoms with Crippen LogP contribution in [-0.4, -0.2) is 80.3 Å². The van der Waals surface area contributed by atoms with E-state index in [0.29, 0.717) is 24.5 Å². The fraction of sp³-hybridized carbons (Fsp3) is 0.917. The van der Waals surface area contributed by atoms with Gasteiger partial charge in [-0.2, -0.15) is 0 Å². The minimum Gasteiger partial charge on any atom is -0.394 e. The molecule has 44 heavy (non-hydrogen) atoms. The Kier molecular flexibility index (Phi) is 9.15. The maximum Gasteiger partial charge on any atom is 0.187 e. The van der Waals surface area contributed by atoms with Gasteiger partial charge in [-0.1, -0.05) is 46.3 Å². The third-order valence-corrected chi connectivity index (χ3v) is 14.4. The van der Waals surface area contributed by atoms with Crippen LogP contribution in [0.3, 0.4) is 0 Å². The summed E-state index contributed by atoms with van der Waals surface area (Å²) in [5.74, 6) is 0.579. The summed E-state index contributed by atoms with van der Waals surface area (Å²) in [4.78, 5) is 14.6. The average molecular weight is 621 g/mol. The molecule has 0 aromatic carbocycles. The Morgan fingerprint density at radius 3 is 2.23 bits per heavy atom. The van der Waals surface area contributed by atoms with Gasteiger partial charge in [-0.3, -0.25) is 4.79 Å². The van der Waals surface area contributed by atoms with Crippen LogP contribution in [0.5, 0.6) is 0 Å². The molecule has 0 bridgehead atoms. The van der Waals surface area contributed by atoms with Crippen molar-refractivity contribution in [2.75, 3.05) is 6.61 Å². The van der Waals surface area contributed by atoms with E-state index in [1.165, 1.54) is 5.57 Å². The lowest BCUT2D eigenvalue weighted by Crippen LogP contribution is -2.66. The summed E-state index contributed by atoms with van der Waals surface area (Å²) in [6, 6.07) is 0. The van der Waals surface area contributed by atoms with Crippen molar-refractivity contribution in [3.63, 3.8) is 0 Å². The highest BCUT2D eigenvalue weighted by molar-refractivity contribution is 5.84. The van der Waals surface area contributed by atoms with E-state index in [4.69, 9.17) is 9.47 Å². The molecule has 1 aliphatic heterocycles. The Hall–Kier alpha value is -0.870. The number of ether oxygens (including phenoxy) is 2. The maximum absolute atomic E-state index is 14.6. The van der Waals surface area contributed by atoms with E-state index in [9.17, 15) is 30.3 Å². The number of aliphatic hydroxyl groups excluding tert-OH is 5. The number of ketones is 1. The van der Waals surface area contributed by atoms with Crippen molar-refractivity contribution in [3.8, 4) is 0 Å². The van der Waals surface area contributed by atoms with Crippen molar-refractivity contribution >= 4 is 5.78 Å². The van der Waals surface area contributed by atoms with Gasteiger partial charge in [-0.15, -0.1) is 0 Å². The molecule has 5 aliphatic rings. The molecular weight excluding hydrogens is 560 g/mol. The number of hydrogen-bond donors (Lipinski definition) is 5. The minimum atomic E-state index is -1.52. The van der Waals surface area contributed by atoms with E-state index in [1.54, 1.807) is 0 Å². The van der Waals surface area contributed by atoms with Crippen molar-refractivity contribution in [2.24, 2.45) is 45.3 Å². The normalized spacial score (nSPS) is 49.8. The molecule has 0 aromatic heterocycles. The van der Waals surface area contributed by atoms with Crippen LogP contribution in [0.2, 0.25) is 0 Å². The van der Waals surface area contributed by atoms with Crippen LogP contribution in [0.4, 0.5) is 0 Å². The van der Waals surface area contributed by atoms with Gasteiger partial charge in [-0.05, 0) is 112 Å². The van der Waals surface area contributed by atoms with E-state index in [1.807, 2.05) is 6.92 Å². The second kappa shape index (κ2) is 11.7. The van der Waals surface area contributed by atoms with E-state index in [-0.39, 0.29) is 45.5 Å². The van der Waals surface area contributed by atoms with Gasteiger partial charge in [-0.25, -0.2) is 0 Å². The van der Waals surface area contributed by atoms with E-state index >= 15 is 0 Å². The smallest absolute Gasteiger partial charge is 0.187 e. The summed E-state index contributed by atoms with van der Waals surface area (Å²) in [6.45, 7) is 17.2. The number of fused-ring (bicyclic) bond motifs is 5. The molecule has 1 heterocycles. The quantitative estimate of drug-likeness (QED) is 0.262. The van der Waals surface area contributed by atoms with Gasteiger partial charge in [0, 0.05) is 12.3 Å². The van der Waals surface area contributed by atoms with Crippen molar-refractivity contribution in [2.45, 2.75) is 156 Å². The topological polar surface area (TPSA) is 137 Å². The number of carbonyl (C=O) groups is 1. The number of hydrogen-bond acceptors (Lipinski definition) is 8. The standard InChI is InChI=1S/C36H60O8/c1-20(2)10-9-14-36(8,44-31-30(42)29(41)28(40)23(19-37)43-31)21-11-16-35(7)27(21)22(38)18-25-33(5)15-13-26(39)32(3,4)24(33)12-17-34(25,35)6/h10,21,23-31,37,39-42H,9,11-19H2,1-8H3/t21?,23?,24?,25?,26-,27?,28-,29?,30?,31-,33-,34+,35+,36?/m0/s1. The molecule has 5 rings (SSSR count). The van der Waals surface area contributed by atoms with Gasteiger partial charge in [0.2, 0.25) is 0 Å². The average Bonchev–Trinajstić information content (AvgIpc) is 3.33. The first-order valence-electron chi connectivity index (χ1n) is 17.2. The number of aliphatic hydroxyl groups is 5. The van der Waals surface area contributed by atoms with Gasteiger partial charge < -0.3 is 35.0 Å². The molecule has 8 unspecified atom stereocenters. The number of Topliss-reactive ketones (excluding diaryl/α,β-unsaturated/α-hetero) is 1. The summed E-state index contributed by atoms with van der Waals surface area (Å²) in [5.41, 5.74) is -0.159. The largest absolute Gasteiger partial charge is 0.394 e. The first-order chi connectivity index (χ1) is 20.4. The van der Waals surface area contributed by atoms with Crippen LogP contribution in [0.1, 0.15) is 113 Å². The molecule has 252 valence electrons. The molecule has 8 heteroatoms. The van der Waals surface area contributed by atoms with Crippen molar-refractivity contribution < 1.29 is 39.8 Å². The zero-order valence-corrected chi connectivity index (χ0v) is 28.4. The maximum atomic E-state index is 14.6. The summed E-state index contributed by atoms with van der Waals surface area (Å²) in [5, 5.41) is 52.7. The molecule has 5 N–H and O–H groups in total. The van der Waals surface area contributed by atoms with E-state index < -0.39 is 42.9 Å². The molecule has 4 saturated carbocycles. The summed E-state index contributed by atoms with van der Waals surface area (Å²) in [7, 11) is 0. The van der Waals surface area contributed by atoms with Gasteiger partial charge in [0.1, 0.15) is 30.2 Å². The van der Waals surface area contributed by atoms with Crippen molar-refractivity contribution in [3.05, 3.63) is 11.6 Å². The second-order valence-electron chi connectivity index (χ2n) is 17.1. The minimum absolute atomic E-state index is 0.0168. The lowest BCUT2D eigenvalue weighted by molar-refractivity contribution is -0.333. The molecule has 4 aliphatic carbocycles. The molecule has 8 nitrogen and oxygen atoms in total. The summed E-state index contributed by atoms with van der Waals surface area (Å²) < 4.78 is 12.6. The van der Waals surface area contributed by atoms with Crippen molar-refractivity contribution in [1.82, 2.24) is 0 Å². The SMILES string of the molecule is CC(C)=CCCC(C)(O[C@@H]1OC(CO)[C@H](O)C(O)C1O)C1CC[C@]2(C)C1C(=O)CC1[C@@]3(C)CC[C@H](O)C(C)(C)C3CC[C@]12C. The Morgan fingerprint density at radius 1 is 0.932 bits per heavy atom. The van der Waals surface area contributed by atoms with Gasteiger partial charge >= 0.3 is 0 Å². The third kappa shape index (κ3) is 5.09. The van der Waals surface area contributed by atoms with Gasteiger partial charge in [0.25, 0.3) is 0 Å². The highest BCUT2D eigenvalue weighted by Gasteiger charge is 2.71. The van der Waals surface area contributed by atoms with Crippen LogP contribution in [0.25, 0.3) is 0 Å². The van der Waals surface area contributed by atoms with Crippen molar-refractivity contribution in [1.29, 1.82) is 0 Å². The Labute approximate surface area is 264 Å². The predicted octanol–water partition coefficient (Wildman–Crippen LogP) is 4.53. The van der Waals surface area contributed by atoms with Crippen LogP contribution < -0.4 is 0 Å². The molecule has 0 aromatic rings. The first-order valence-corrected chi connectivity index (χ1v) is 17.2. The molecular formula is C36H60O8. The van der Waals surface area contributed by atoms with Gasteiger partial charge in [0.05, 0.1) is 18.3 Å². The summed E-state index contributed by atoms with van der Waals surface area (Å²) >= 11 is 0. The second-order valence-corrected chi connectivity index (χ2v) is 17.1. The zero-order chi connectivity index (χ0) is 32.6. The lowest BCUT2D eigenvalue weighted by Gasteiger charge is -2.69. The zero-order valence-electron chi connectivity index (χ0n) is 28.4. The third-order valence-electron chi connectivity index (χ3n) is 14.4. The molecule has 0 spiro atoms. The predicted molar refractivity (Wildman–Crippen MR) is 167 cm³/mol. The van der Waals surface area contributed by atoms with Gasteiger partial charge in [0.15, 0.2) is 6.29 Å². The van der Waals surface area contributed by atoms with E-state index in [0.717, 1.165) is 44.9 Å². The molecule has 14 atom stereocenters. The number of rotatable bonds is 7. The van der Waals surface area contributed by atoms with E-state index in [2.05, 4.69) is 54.5 Å². The van der Waals surface area contributed by atoms with Crippen LogP contribution >= 0.6 is 0 Å². The molecule has 0 amide bonds. The first kappa shape index (κ1) is 34.5. The Bertz CT molecular complexity index is 1120. The Balaban J connectivity index is 1.49. The molecule has 0 radical (unpaired) electrons. The van der Waals surface area contributed by atoms with Crippen LogP contribution in [-0.2, 0) is 14.3 Å². The Morgan fingerprint density at radius 2 is 1.59 bits per heavy atom. The highest BCUT2D eigenvalue weighted by atomic mass is 16.7. The van der Waals surface area contributed by atoms with Crippen LogP contribution in [0, 0.1) is 45.3 Å². The number of carbonyl (C=O) groups excluding carboxylic acids is 1. The summed E-state index contributed by atoms with van der Waals surface area (Å²) in [6.07, 6.45) is 2.44.